The van der Waals surface area contributed by atoms with E-state index >= 15 is 0 Å². The fourth-order valence-corrected chi connectivity index (χ4v) is 2.44. The first kappa shape index (κ1) is 15.6. The average Bonchev–Trinajstić information content (AvgIpc) is 3.23. The van der Waals surface area contributed by atoms with Gasteiger partial charge in [-0.3, -0.25) is 4.79 Å². The van der Waals surface area contributed by atoms with Crippen LogP contribution in [0.3, 0.4) is 0 Å². The number of amides is 1. The van der Waals surface area contributed by atoms with Crippen molar-refractivity contribution >= 4 is 5.91 Å². The maximum absolute atomic E-state index is 12.5. The number of benzene rings is 1. The maximum Gasteiger partial charge on any atom is 0.252 e. The van der Waals surface area contributed by atoms with Gasteiger partial charge in [0.1, 0.15) is 0 Å². The van der Waals surface area contributed by atoms with Gasteiger partial charge in [0.25, 0.3) is 5.91 Å². The van der Waals surface area contributed by atoms with Crippen LogP contribution in [0.15, 0.2) is 18.2 Å². The van der Waals surface area contributed by atoms with Crippen molar-refractivity contribution in [1.29, 1.82) is 0 Å². The van der Waals surface area contributed by atoms with Crippen molar-refractivity contribution in [3.05, 3.63) is 34.9 Å². The van der Waals surface area contributed by atoms with Crippen LogP contribution in [0, 0.1) is 24.7 Å². The summed E-state index contributed by atoms with van der Waals surface area (Å²) < 4.78 is 0. The van der Waals surface area contributed by atoms with Gasteiger partial charge in [-0.25, -0.2) is 0 Å². The Labute approximate surface area is 126 Å². The van der Waals surface area contributed by atoms with Crippen molar-refractivity contribution in [2.75, 3.05) is 6.61 Å². The highest BCUT2D eigenvalue weighted by Gasteiger charge is 2.39. The molecule has 1 amide bonds. The minimum atomic E-state index is -0.169. The van der Waals surface area contributed by atoms with E-state index in [9.17, 15) is 4.79 Å². The lowest BCUT2D eigenvalue weighted by Gasteiger charge is -2.26. The number of nitrogens with one attached hydrogen (secondary N) is 1. The number of aliphatic hydroxyl groups excluding tert-OH is 1. The van der Waals surface area contributed by atoms with E-state index in [4.69, 9.17) is 5.11 Å². The zero-order valence-corrected chi connectivity index (χ0v) is 13.0. The lowest BCUT2D eigenvalue weighted by Crippen LogP contribution is -2.45. The first-order valence-electron chi connectivity index (χ1n) is 7.47. The molecule has 0 heterocycles. The van der Waals surface area contributed by atoms with Crippen LogP contribution in [0.2, 0.25) is 0 Å². The predicted molar refractivity (Wildman–Crippen MR) is 84.0 cm³/mol. The van der Waals surface area contributed by atoms with Gasteiger partial charge in [-0.2, -0.15) is 0 Å². The van der Waals surface area contributed by atoms with Crippen molar-refractivity contribution in [2.24, 2.45) is 5.92 Å². The Morgan fingerprint density at radius 2 is 2.14 bits per heavy atom. The normalized spacial score (nSPS) is 14.3. The third-order valence-corrected chi connectivity index (χ3v) is 3.91. The summed E-state index contributed by atoms with van der Waals surface area (Å²) in [6, 6.07) is 5.68. The first-order valence-corrected chi connectivity index (χ1v) is 7.47. The van der Waals surface area contributed by atoms with Crippen LogP contribution in [0.25, 0.3) is 0 Å². The molecule has 3 heteroatoms. The van der Waals surface area contributed by atoms with Crippen molar-refractivity contribution < 1.29 is 9.90 Å². The quantitative estimate of drug-likeness (QED) is 0.836. The molecular formula is C18H23NO2. The molecule has 0 unspecified atom stereocenters. The number of aryl methyl sites for hydroxylation is 1. The van der Waals surface area contributed by atoms with Crippen LogP contribution in [0.1, 0.15) is 54.6 Å². The Bertz CT molecular complexity index is 589. The second-order valence-electron chi connectivity index (χ2n) is 6.27. The summed E-state index contributed by atoms with van der Waals surface area (Å²) in [4.78, 5) is 12.5. The van der Waals surface area contributed by atoms with Gasteiger partial charge in [-0.15, -0.1) is 0 Å². The fourth-order valence-electron chi connectivity index (χ4n) is 2.44. The third kappa shape index (κ3) is 4.09. The minimum Gasteiger partial charge on any atom is -0.395 e. The Hall–Kier alpha value is -1.79. The number of hydrogen-bond acceptors (Lipinski definition) is 2. The van der Waals surface area contributed by atoms with Crippen molar-refractivity contribution in [2.45, 2.75) is 45.6 Å². The minimum absolute atomic E-state index is 0.0368. The van der Waals surface area contributed by atoms with E-state index in [0.717, 1.165) is 11.1 Å². The number of aliphatic hydroxyl groups is 1. The van der Waals surface area contributed by atoms with E-state index < -0.39 is 0 Å². The summed E-state index contributed by atoms with van der Waals surface area (Å²) in [6.45, 7) is 6.17. The molecule has 0 saturated heterocycles. The molecule has 3 nitrogen and oxygen atoms in total. The van der Waals surface area contributed by atoms with Crippen LogP contribution < -0.4 is 5.32 Å². The zero-order chi connectivity index (χ0) is 15.5. The molecular weight excluding hydrogens is 262 g/mol. The number of carbonyl (C=O) groups excluding carboxylic acids is 1. The molecule has 1 aromatic rings. The molecule has 0 atom stereocenters. The average molecular weight is 285 g/mol. The van der Waals surface area contributed by atoms with Gasteiger partial charge < -0.3 is 10.4 Å². The van der Waals surface area contributed by atoms with Crippen molar-refractivity contribution in [3.63, 3.8) is 0 Å². The molecule has 0 bridgehead atoms. The van der Waals surface area contributed by atoms with Gasteiger partial charge in [0.05, 0.1) is 12.2 Å². The Morgan fingerprint density at radius 3 is 2.76 bits per heavy atom. The van der Waals surface area contributed by atoms with E-state index in [0.29, 0.717) is 17.9 Å². The smallest absolute Gasteiger partial charge is 0.252 e. The highest BCUT2D eigenvalue weighted by molar-refractivity contribution is 5.97. The second kappa shape index (κ2) is 6.32. The van der Waals surface area contributed by atoms with E-state index in [1.807, 2.05) is 25.1 Å². The molecule has 0 aliphatic heterocycles. The molecule has 2 N–H and O–H groups in total. The largest absolute Gasteiger partial charge is 0.395 e. The van der Waals surface area contributed by atoms with Gasteiger partial charge in [0.2, 0.25) is 0 Å². The molecule has 112 valence electrons. The van der Waals surface area contributed by atoms with Crippen LogP contribution in [0.5, 0.6) is 0 Å². The Balaban J connectivity index is 2.22. The molecule has 1 saturated carbocycles. The molecule has 1 fully saturated rings. The highest BCUT2D eigenvalue weighted by Crippen LogP contribution is 2.39. The molecule has 2 rings (SSSR count). The molecule has 21 heavy (non-hydrogen) atoms. The summed E-state index contributed by atoms with van der Waals surface area (Å²) in [5.41, 5.74) is 2.24. The standard InChI is InChI=1S/C18H23NO2/c1-13-7-10-16(14(12-13)6-4-5-11-20)17(21)19-18(2,3)15-8-9-15/h7,10,12,15,20H,5,8-9,11H2,1-3H3,(H,19,21). The van der Waals surface area contributed by atoms with Crippen molar-refractivity contribution in [3.8, 4) is 11.8 Å². The maximum atomic E-state index is 12.5. The predicted octanol–water partition coefficient (Wildman–Crippen LogP) is 2.65. The highest BCUT2D eigenvalue weighted by atomic mass is 16.2. The summed E-state index contributed by atoms with van der Waals surface area (Å²) in [5.74, 6) is 6.40. The number of hydrogen-bond donors (Lipinski definition) is 2. The van der Waals surface area contributed by atoms with E-state index in [2.05, 4.69) is 31.0 Å². The molecule has 0 spiro atoms. The van der Waals surface area contributed by atoms with Crippen LogP contribution in [-0.2, 0) is 0 Å². The van der Waals surface area contributed by atoms with E-state index in [1.54, 1.807) is 0 Å². The Morgan fingerprint density at radius 1 is 1.43 bits per heavy atom. The summed E-state index contributed by atoms with van der Waals surface area (Å²) in [7, 11) is 0. The first-order chi connectivity index (χ1) is 9.94. The molecule has 1 aliphatic rings. The van der Waals surface area contributed by atoms with Gasteiger partial charge >= 0.3 is 0 Å². The van der Waals surface area contributed by atoms with Gasteiger partial charge in [0.15, 0.2) is 0 Å². The fraction of sp³-hybridized carbons (Fsp3) is 0.500. The number of rotatable bonds is 4. The van der Waals surface area contributed by atoms with Gasteiger partial charge in [0, 0.05) is 17.5 Å². The van der Waals surface area contributed by atoms with E-state index in [1.165, 1.54) is 12.8 Å². The van der Waals surface area contributed by atoms with E-state index in [-0.39, 0.29) is 18.1 Å². The van der Waals surface area contributed by atoms with Gasteiger partial charge in [-0.05, 0) is 57.2 Å². The van der Waals surface area contributed by atoms with Crippen LogP contribution in [0.4, 0.5) is 0 Å². The lowest BCUT2D eigenvalue weighted by atomic mass is 9.97. The monoisotopic (exact) mass is 285 g/mol. The Kier molecular flexibility index (Phi) is 4.69. The molecule has 0 aromatic heterocycles. The van der Waals surface area contributed by atoms with Crippen molar-refractivity contribution in [1.82, 2.24) is 5.32 Å². The second-order valence-corrected chi connectivity index (χ2v) is 6.27. The van der Waals surface area contributed by atoms with Crippen LogP contribution in [-0.4, -0.2) is 23.2 Å². The van der Waals surface area contributed by atoms with Crippen LogP contribution >= 0.6 is 0 Å². The summed E-state index contributed by atoms with van der Waals surface area (Å²) in [6.07, 6.45) is 2.79. The molecule has 1 aromatic carbocycles. The molecule has 1 aliphatic carbocycles. The SMILES string of the molecule is Cc1ccc(C(=O)NC(C)(C)C2CC2)c(C#CCCO)c1. The summed E-state index contributed by atoms with van der Waals surface area (Å²) >= 11 is 0. The topological polar surface area (TPSA) is 49.3 Å². The number of carbonyl (C=O) groups is 1. The summed E-state index contributed by atoms with van der Waals surface area (Å²) in [5, 5.41) is 11.9. The third-order valence-electron chi connectivity index (χ3n) is 3.91. The van der Waals surface area contributed by atoms with Gasteiger partial charge in [-0.1, -0.05) is 17.9 Å². The molecule has 0 radical (unpaired) electrons. The lowest BCUT2D eigenvalue weighted by molar-refractivity contribution is 0.0903. The zero-order valence-electron chi connectivity index (χ0n) is 13.0.